The molecule has 25 heavy (non-hydrogen) atoms. The molecular formula is C19H19ClN2O3. The average Bonchev–Trinajstić information content (AvgIpc) is 3.13. The molecule has 130 valence electrons. The van der Waals surface area contributed by atoms with Crippen LogP contribution in [0.5, 0.6) is 5.75 Å². The van der Waals surface area contributed by atoms with Crippen molar-refractivity contribution < 1.29 is 14.6 Å². The predicted molar refractivity (Wildman–Crippen MR) is 95.9 cm³/mol. The summed E-state index contributed by atoms with van der Waals surface area (Å²) in [6.45, 7) is 1.20. The largest absolute Gasteiger partial charge is 0.508 e. The van der Waals surface area contributed by atoms with Crippen LogP contribution in [0, 0.1) is 0 Å². The number of para-hydroxylation sites is 1. The van der Waals surface area contributed by atoms with E-state index in [9.17, 15) is 9.90 Å². The molecule has 0 aliphatic carbocycles. The van der Waals surface area contributed by atoms with Crippen LogP contribution < -0.4 is 5.32 Å². The Morgan fingerprint density at radius 3 is 2.92 bits per heavy atom. The maximum atomic E-state index is 13.1. The van der Waals surface area contributed by atoms with Gasteiger partial charge in [-0.3, -0.25) is 4.79 Å². The highest BCUT2D eigenvalue weighted by Gasteiger charge is 2.36. The van der Waals surface area contributed by atoms with Gasteiger partial charge in [0.25, 0.3) is 5.91 Å². The van der Waals surface area contributed by atoms with Crippen molar-refractivity contribution in [1.29, 1.82) is 0 Å². The van der Waals surface area contributed by atoms with Gasteiger partial charge in [0.1, 0.15) is 11.9 Å². The summed E-state index contributed by atoms with van der Waals surface area (Å²) in [6, 6.07) is 12.3. The van der Waals surface area contributed by atoms with Gasteiger partial charge in [-0.05, 0) is 43.2 Å². The van der Waals surface area contributed by atoms with Gasteiger partial charge in [0, 0.05) is 29.4 Å². The number of hydrogen-bond acceptors (Lipinski definition) is 4. The number of carbonyl (C=O) groups is 1. The summed E-state index contributed by atoms with van der Waals surface area (Å²) in [7, 11) is 0. The SMILES string of the molecule is O=C1c2ccccc2N[C@H](c2cc(Cl)ccc2O)N1C[C@H]1CCCO1. The maximum absolute atomic E-state index is 13.1. The topological polar surface area (TPSA) is 61.8 Å². The van der Waals surface area contributed by atoms with Crippen LogP contribution in [0.15, 0.2) is 42.5 Å². The van der Waals surface area contributed by atoms with Crippen LogP contribution in [0.3, 0.4) is 0 Å². The first-order valence-corrected chi connectivity index (χ1v) is 8.78. The van der Waals surface area contributed by atoms with Crippen molar-refractivity contribution >= 4 is 23.2 Å². The molecule has 1 fully saturated rings. The predicted octanol–water partition coefficient (Wildman–Crippen LogP) is 3.79. The van der Waals surface area contributed by atoms with Crippen molar-refractivity contribution in [2.24, 2.45) is 0 Å². The number of fused-ring (bicyclic) bond motifs is 1. The molecule has 6 heteroatoms. The van der Waals surface area contributed by atoms with E-state index < -0.39 is 6.17 Å². The van der Waals surface area contributed by atoms with Gasteiger partial charge in [-0.25, -0.2) is 0 Å². The third-order valence-electron chi connectivity index (χ3n) is 4.73. The molecule has 0 radical (unpaired) electrons. The molecule has 0 saturated carbocycles. The molecule has 2 aromatic rings. The van der Waals surface area contributed by atoms with Gasteiger partial charge in [-0.2, -0.15) is 0 Å². The number of phenols is 1. The molecule has 4 rings (SSSR count). The summed E-state index contributed by atoms with van der Waals surface area (Å²) in [6.07, 6.45) is 1.45. The lowest BCUT2D eigenvalue weighted by Crippen LogP contribution is -2.46. The molecule has 0 bridgehead atoms. The summed E-state index contributed by atoms with van der Waals surface area (Å²) in [4.78, 5) is 14.8. The third kappa shape index (κ3) is 3.05. The number of halogens is 1. The van der Waals surface area contributed by atoms with E-state index in [2.05, 4.69) is 5.32 Å². The van der Waals surface area contributed by atoms with Crippen molar-refractivity contribution in [3.8, 4) is 5.75 Å². The summed E-state index contributed by atoms with van der Waals surface area (Å²) in [5.74, 6) is 0.0284. The lowest BCUT2D eigenvalue weighted by molar-refractivity contribution is 0.0424. The second-order valence-corrected chi connectivity index (χ2v) is 6.82. The van der Waals surface area contributed by atoms with Gasteiger partial charge in [-0.1, -0.05) is 23.7 Å². The van der Waals surface area contributed by atoms with E-state index in [0.29, 0.717) is 22.7 Å². The van der Waals surface area contributed by atoms with E-state index >= 15 is 0 Å². The van der Waals surface area contributed by atoms with E-state index in [1.807, 2.05) is 18.2 Å². The monoisotopic (exact) mass is 358 g/mol. The van der Waals surface area contributed by atoms with Crippen LogP contribution in [0.25, 0.3) is 0 Å². The Labute approximate surface area is 151 Å². The van der Waals surface area contributed by atoms with Crippen LogP contribution >= 0.6 is 11.6 Å². The number of rotatable bonds is 3. The van der Waals surface area contributed by atoms with E-state index in [1.165, 1.54) is 0 Å². The van der Waals surface area contributed by atoms with Gasteiger partial charge in [0.05, 0.1) is 11.7 Å². The molecule has 0 spiro atoms. The second kappa shape index (κ2) is 6.58. The van der Waals surface area contributed by atoms with Gasteiger partial charge >= 0.3 is 0 Å². The van der Waals surface area contributed by atoms with Crippen LogP contribution in [-0.4, -0.2) is 35.2 Å². The summed E-state index contributed by atoms with van der Waals surface area (Å²) in [5, 5.41) is 14.2. The van der Waals surface area contributed by atoms with Crippen molar-refractivity contribution in [3.63, 3.8) is 0 Å². The van der Waals surface area contributed by atoms with Crippen LogP contribution in [0.4, 0.5) is 5.69 Å². The molecule has 2 atom stereocenters. The van der Waals surface area contributed by atoms with Crippen LogP contribution in [0.1, 0.15) is 34.9 Å². The molecule has 0 aromatic heterocycles. The smallest absolute Gasteiger partial charge is 0.257 e. The minimum atomic E-state index is -0.495. The number of aromatic hydroxyl groups is 1. The zero-order chi connectivity index (χ0) is 17.4. The molecule has 1 saturated heterocycles. The van der Waals surface area contributed by atoms with Gasteiger partial charge in [0.15, 0.2) is 0 Å². The number of anilines is 1. The third-order valence-corrected chi connectivity index (χ3v) is 4.97. The van der Waals surface area contributed by atoms with Crippen LogP contribution in [-0.2, 0) is 4.74 Å². The second-order valence-electron chi connectivity index (χ2n) is 6.39. The highest BCUT2D eigenvalue weighted by Crippen LogP contribution is 2.38. The van der Waals surface area contributed by atoms with Crippen LogP contribution in [0.2, 0.25) is 5.02 Å². The van der Waals surface area contributed by atoms with E-state index in [4.69, 9.17) is 16.3 Å². The molecule has 2 aliphatic rings. The zero-order valence-corrected chi connectivity index (χ0v) is 14.4. The fourth-order valence-electron chi connectivity index (χ4n) is 3.48. The number of nitrogens with one attached hydrogen (secondary N) is 1. The molecule has 2 heterocycles. The normalized spacial score (nSPS) is 22.6. The van der Waals surface area contributed by atoms with Gasteiger partial charge in [0.2, 0.25) is 0 Å². The Morgan fingerprint density at radius 1 is 1.28 bits per heavy atom. The Bertz CT molecular complexity index is 805. The molecular weight excluding hydrogens is 340 g/mol. The van der Waals surface area contributed by atoms with Crippen molar-refractivity contribution in [2.75, 3.05) is 18.5 Å². The van der Waals surface area contributed by atoms with Crippen molar-refractivity contribution in [3.05, 3.63) is 58.6 Å². The molecule has 0 unspecified atom stereocenters. The molecule has 2 aliphatic heterocycles. The number of ether oxygens (including phenoxy) is 1. The van der Waals surface area contributed by atoms with E-state index in [1.54, 1.807) is 29.2 Å². The maximum Gasteiger partial charge on any atom is 0.257 e. The minimum absolute atomic E-state index is 0.0137. The average molecular weight is 359 g/mol. The fraction of sp³-hybridized carbons (Fsp3) is 0.316. The van der Waals surface area contributed by atoms with Gasteiger partial charge in [-0.15, -0.1) is 0 Å². The number of phenolic OH excluding ortho intramolecular Hbond substituents is 1. The first-order valence-electron chi connectivity index (χ1n) is 8.40. The quantitative estimate of drug-likeness (QED) is 0.876. The molecule has 2 aromatic carbocycles. The Kier molecular flexibility index (Phi) is 4.27. The summed E-state index contributed by atoms with van der Waals surface area (Å²) >= 11 is 6.12. The number of carbonyl (C=O) groups excluding carboxylic acids is 1. The lowest BCUT2D eigenvalue weighted by Gasteiger charge is -2.39. The molecule has 2 N–H and O–H groups in total. The Hall–Kier alpha value is -2.24. The van der Waals surface area contributed by atoms with Crippen molar-refractivity contribution in [1.82, 2.24) is 4.90 Å². The number of hydrogen-bond donors (Lipinski definition) is 2. The van der Waals surface area contributed by atoms with Crippen molar-refractivity contribution in [2.45, 2.75) is 25.1 Å². The number of benzene rings is 2. The fourth-order valence-corrected chi connectivity index (χ4v) is 3.66. The van der Waals surface area contributed by atoms with E-state index in [-0.39, 0.29) is 17.8 Å². The zero-order valence-electron chi connectivity index (χ0n) is 13.6. The number of nitrogens with zero attached hydrogens (tertiary/aromatic N) is 1. The number of amides is 1. The molecule has 5 nitrogen and oxygen atoms in total. The highest BCUT2D eigenvalue weighted by atomic mass is 35.5. The first-order chi connectivity index (χ1) is 12.1. The van der Waals surface area contributed by atoms with Gasteiger partial charge < -0.3 is 20.1 Å². The first kappa shape index (κ1) is 16.2. The minimum Gasteiger partial charge on any atom is -0.508 e. The summed E-state index contributed by atoms with van der Waals surface area (Å²) in [5.41, 5.74) is 1.95. The Morgan fingerprint density at radius 2 is 2.12 bits per heavy atom. The lowest BCUT2D eigenvalue weighted by atomic mass is 10.0. The highest BCUT2D eigenvalue weighted by molar-refractivity contribution is 6.30. The Balaban J connectivity index is 1.75. The molecule has 1 amide bonds. The summed E-state index contributed by atoms with van der Waals surface area (Å²) < 4.78 is 5.72. The van der Waals surface area contributed by atoms with E-state index in [0.717, 1.165) is 25.1 Å². The standard InChI is InChI=1S/C19H19ClN2O3/c20-12-7-8-17(23)15(10-12)18-21-16-6-2-1-5-14(16)19(24)22(18)11-13-4-3-9-25-13/h1-2,5-8,10,13,18,21,23H,3-4,9,11H2/t13-,18+/m1/s1.